The summed E-state index contributed by atoms with van der Waals surface area (Å²) in [7, 11) is 0. The number of rotatable bonds is 4. The zero-order chi connectivity index (χ0) is 17.4. The minimum atomic E-state index is -0.793. The van der Waals surface area contributed by atoms with Gasteiger partial charge in [-0.15, -0.1) is 0 Å². The normalized spacial score (nSPS) is 19.3. The van der Waals surface area contributed by atoms with Gasteiger partial charge >= 0.3 is 0 Å². The average Bonchev–Trinajstić information content (AvgIpc) is 3.23. The second kappa shape index (κ2) is 6.60. The van der Waals surface area contributed by atoms with Crippen LogP contribution in [-0.4, -0.2) is 16.8 Å². The molecule has 0 spiro atoms. The Hall–Kier alpha value is -1.81. The van der Waals surface area contributed by atoms with Gasteiger partial charge in [-0.05, 0) is 54.3 Å². The van der Waals surface area contributed by atoms with Crippen molar-refractivity contribution in [1.82, 2.24) is 4.90 Å². The summed E-state index contributed by atoms with van der Waals surface area (Å²) in [6.45, 7) is -0.131. The standard InChI is InChI=1S/C20H20BrNO2/c21-16-5-3-4-14(10-16)13-24-18-8-9-19-15(11-18)12-22(20(19)23)17-6-1-2-7-17/h3-5,8-11,17H,1-2,6-7,12-13H2/i13D. The van der Waals surface area contributed by atoms with Gasteiger partial charge in [-0.3, -0.25) is 4.79 Å². The first kappa shape index (κ1) is 14.5. The Bertz CT molecular complexity index is 804. The maximum atomic E-state index is 12.6. The minimum absolute atomic E-state index is 0.142. The Morgan fingerprint density at radius 2 is 2.04 bits per heavy atom. The van der Waals surface area contributed by atoms with Crippen molar-refractivity contribution in [3.05, 3.63) is 63.6 Å². The Kier molecular flexibility index (Phi) is 3.99. The van der Waals surface area contributed by atoms with E-state index in [1.165, 1.54) is 12.8 Å². The molecule has 4 heteroatoms. The van der Waals surface area contributed by atoms with E-state index in [2.05, 4.69) is 15.9 Å². The van der Waals surface area contributed by atoms with E-state index in [0.717, 1.165) is 34.0 Å². The van der Waals surface area contributed by atoms with Crippen LogP contribution in [0.4, 0.5) is 0 Å². The lowest BCUT2D eigenvalue weighted by Crippen LogP contribution is -2.33. The number of halogens is 1. The van der Waals surface area contributed by atoms with Crippen LogP contribution in [-0.2, 0) is 13.1 Å². The summed E-state index contributed by atoms with van der Waals surface area (Å²) in [4.78, 5) is 14.6. The molecular weight excluding hydrogens is 366 g/mol. The Morgan fingerprint density at radius 3 is 2.83 bits per heavy atom. The molecule has 1 unspecified atom stereocenters. The molecule has 24 heavy (non-hydrogen) atoms. The summed E-state index contributed by atoms with van der Waals surface area (Å²) in [6, 6.07) is 13.5. The highest BCUT2D eigenvalue weighted by molar-refractivity contribution is 9.10. The third kappa shape index (κ3) is 3.07. The SMILES string of the molecule is [2H]C(Oc1ccc2c(c1)CN(C1CCCC1)C2=O)c1cccc(Br)c1. The predicted molar refractivity (Wildman–Crippen MR) is 97.0 cm³/mol. The van der Waals surface area contributed by atoms with Gasteiger partial charge in [0.1, 0.15) is 12.3 Å². The largest absolute Gasteiger partial charge is 0.489 e. The van der Waals surface area contributed by atoms with Gasteiger partial charge in [-0.25, -0.2) is 0 Å². The summed E-state index contributed by atoms with van der Waals surface area (Å²) >= 11 is 3.42. The van der Waals surface area contributed by atoms with Gasteiger partial charge < -0.3 is 9.64 Å². The predicted octanol–water partition coefficient (Wildman–Crippen LogP) is 4.93. The van der Waals surface area contributed by atoms with Crippen LogP contribution in [0.5, 0.6) is 5.75 Å². The molecule has 0 radical (unpaired) electrons. The number of carbonyl (C=O) groups excluding carboxylic acids is 1. The van der Waals surface area contributed by atoms with Crippen LogP contribution in [0.15, 0.2) is 46.9 Å². The molecule has 0 saturated heterocycles. The fourth-order valence-corrected chi connectivity index (χ4v) is 4.04. The molecule has 2 aromatic carbocycles. The maximum Gasteiger partial charge on any atom is 0.254 e. The number of nitrogens with zero attached hydrogens (tertiary/aromatic N) is 1. The first-order chi connectivity index (χ1) is 12.1. The van der Waals surface area contributed by atoms with E-state index in [1.54, 1.807) is 6.07 Å². The quantitative estimate of drug-likeness (QED) is 0.745. The van der Waals surface area contributed by atoms with Crippen LogP contribution >= 0.6 is 15.9 Å². The number of amides is 1. The van der Waals surface area contributed by atoms with Gasteiger partial charge in [0.2, 0.25) is 0 Å². The number of benzene rings is 2. The van der Waals surface area contributed by atoms with Crippen LogP contribution in [0.3, 0.4) is 0 Å². The molecule has 0 aromatic heterocycles. The van der Waals surface area contributed by atoms with E-state index >= 15 is 0 Å². The maximum absolute atomic E-state index is 12.6. The summed E-state index contributed by atoms with van der Waals surface area (Å²) in [6.07, 6.45) is 4.65. The minimum Gasteiger partial charge on any atom is -0.489 e. The molecule has 1 amide bonds. The van der Waals surface area contributed by atoms with E-state index in [-0.39, 0.29) is 5.91 Å². The third-order valence-electron chi connectivity index (χ3n) is 4.85. The fourth-order valence-electron chi connectivity index (χ4n) is 3.62. The van der Waals surface area contributed by atoms with E-state index in [0.29, 0.717) is 18.3 Å². The van der Waals surface area contributed by atoms with Crippen molar-refractivity contribution < 1.29 is 10.9 Å². The molecule has 1 aliphatic carbocycles. The number of carbonyl (C=O) groups is 1. The van der Waals surface area contributed by atoms with Crippen LogP contribution in [0, 0.1) is 0 Å². The number of hydrogen-bond acceptors (Lipinski definition) is 2. The average molecular weight is 387 g/mol. The molecule has 124 valence electrons. The van der Waals surface area contributed by atoms with E-state index in [1.807, 2.05) is 41.3 Å². The van der Waals surface area contributed by atoms with Gasteiger partial charge in [0, 0.05) is 22.6 Å². The number of fused-ring (bicyclic) bond motifs is 1. The Morgan fingerprint density at radius 1 is 1.21 bits per heavy atom. The Labute approximate surface area is 152 Å². The topological polar surface area (TPSA) is 29.5 Å². The highest BCUT2D eigenvalue weighted by Gasteiger charge is 2.34. The monoisotopic (exact) mass is 386 g/mol. The van der Waals surface area contributed by atoms with Crippen LogP contribution in [0.1, 0.15) is 48.5 Å². The molecule has 2 aromatic rings. The van der Waals surface area contributed by atoms with Gasteiger partial charge in [-0.2, -0.15) is 0 Å². The van der Waals surface area contributed by atoms with Gasteiger partial charge in [0.25, 0.3) is 5.91 Å². The lowest BCUT2D eigenvalue weighted by Gasteiger charge is -2.23. The van der Waals surface area contributed by atoms with E-state index in [4.69, 9.17) is 6.11 Å². The van der Waals surface area contributed by atoms with Crippen LogP contribution in [0.2, 0.25) is 0 Å². The van der Waals surface area contributed by atoms with E-state index < -0.39 is 6.58 Å². The number of hydrogen-bond donors (Lipinski definition) is 0. The molecule has 1 atom stereocenters. The van der Waals surface area contributed by atoms with Crippen molar-refractivity contribution in [2.75, 3.05) is 0 Å². The van der Waals surface area contributed by atoms with Crippen molar-refractivity contribution in [1.29, 1.82) is 0 Å². The van der Waals surface area contributed by atoms with E-state index in [9.17, 15) is 4.79 Å². The Balaban J connectivity index is 1.51. The molecule has 1 heterocycles. The smallest absolute Gasteiger partial charge is 0.254 e. The molecule has 3 nitrogen and oxygen atoms in total. The molecule has 1 saturated carbocycles. The lowest BCUT2D eigenvalue weighted by molar-refractivity contribution is 0.0707. The second-order valence-electron chi connectivity index (χ2n) is 6.48. The summed E-state index contributed by atoms with van der Waals surface area (Å²) in [5, 5.41) is 0. The summed E-state index contributed by atoms with van der Waals surface area (Å²) < 4.78 is 15.0. The van der Waals surface area contributed by atoms with Crippen molar-refractivity contribution in [2.24, 2.45) is 0 Å². The van der Waals surface area contributed by atoms with Crippen molar-refractivity contribution >= 4 is 21.8 Å². The van der Waals surface area contributed by atoms with Crippen LogP contribution in [0.25, 0.3) is 0 Å². The number of ether oxygens (including phenoxy) is 1. The van der Waals surface area contributed by atoms with Gasteiger partial charge in [-0.1, -0.05) is 40.9 Å². The molecule has 1 aliphatic heterocycles. The third-order valence-corrected chi connectivity index (χ3v) is 5.35. The second-order valence-corrected chi connectivity index (χ2v) is 7.40. The van der Waals surface area contributed by atoms with Crippen molar-refractivity contribution in [2.45, 2.75) is 44.9 Å². The lowest BCUT2D eigenvalue weighted by atomic mass is 10.1. The van der Waals surface area contributed by atoms with Gasteiger partial charge in [0.15, 0.2) is 0 Å². The first-order valence-electron chi connectivity index (χ1n) is 8.98. The van der Waals surface area contributed by atoms with Gasteiger partial charge in [0.05, 0.1) is 1.37 Å². The van der Waals surface area contributed by atoms with Crippen molar-refractivity contribution in [3.63, 3.8) is 0 Å². The first-order valence-corrected chi connectivity index (χ1v) is 9.19. The molecule has 0 N–H and O–H groups in total. The molecule has 4 rings (SSSR count). The highest BCUT2D eigenvalue weighted by atomic mass is 79.9. The molecular formula is C20H20BrNO2. The molecule has 1 fully saturated rings. The van der Waals surface area contributed by atoms with Crippen LogP contribution < -0.4 is 4.74 Å². The van der Waals surface area contributed by atoms with Crippen molar-refractivity contribution in [3.8, 4) is 5.75 Å². The summed E-state index contributed by atoms with van der Waals surface area (Å²) in [5.41, 5.74) is 2.58. The zero-order valence-corrected chi connectivity index (χ0v) is 15.0. The highest BCUT2D eigenvalue weighted by Crippen LogP contribution is 2.33. The fraction of sp³-hybridized carbons (Fsp3) is 0.350. The molecule has 0 bridgehead atoms. The zero-order valence-electron chi connectivity index (χ0n) is 14.4. The molecule has 2 aliphatic rings. The summed E-state index contributed by atoms with van der Waals surface area (Å²) in [5.74, 6) is 0.780.